The molecule has 2 N–H and O–H groups in total. The highest BCUT2D eigenvalue weighted by Crippen LogP contribution is 2.31. The highest BCUT2D eigenvalue weighted by Gasteiger charge is 2.12. The van der Waals surface area contributed by atoms with E-state index in [0.717, 1.165) is 17.0 Å². The van der Waals surface area contributed by atoms with Gasteiger partial charge in [-0.1, -0.05) is 6.07 Å². The number of hydroxylamine groups is 2. The van der Waals surface area contributed by atoms with Crippen LogP contribution >= 0.6 is 0 Å². The molecular weight excluding hydrogens is 308 g/mol. The summed E-state index contributed by atoms with van der Waals surface area (Å²) in [6.07, 6.45) is 3.42. The first-order chi connectivity index (χ1) is 11.6. The molecule has 3 aromatic rings. The van der Waals surface area contributed by atoms with Crippen LogP contribution in [0.15, 0.2) is 54.9 Å². The van der Waals surface area contributed by atoms with E-state index in [1.54, 1.807) is 29.2 Å². The summed E-state index contributed by atoms with van der Waals surface area (Å²) in [5.41, 5.74) is 3.20. The summed E-state index contributed by atoms with van der Waals surface area (Å²) in [4.78, 5) is 4.24. The van der Waals surface area contributed by atoms with Gasteiger partial charge < -0.3 is 9.94 Å². The van der Waals surface area contributed by atoms with Gasteiger partial charge in [-0.2, -0.15) is 5.10 Å². The van der Waals surface area contributed by atoms with Gasteiger partial charge in [-0.3, -0.25) is 9.67 Å². The standard InChI is InChI=1S/C17H18N4O3/c1-20-16(7-9-19-20)15-10-13(11-21(22)23)5-6-17(15)24-12-14-4-2-3-8-18-14/h2-10,21-22H,11-12H2,1H3. The molecule has 0 saturated heterocycles. The van der Waals surface area contributed by atoms with Gasteiger partial charge >= 0.3 is 0 Å². The Balaban J connectivity index is 1.91. The summed E-state index contributed by atoms with van der Waals surface area (Å²) in [5.74, 6) is 0.665. The van der Waals surface area contributed by atoms with Gasteiger partial charge in [-0.05, 0) is 36.4 Å². The smallest absolute Gasteiger partial charge is 0.132 e. The SMILES string of the molecule is Cn1nccc1-c1cc(C[NH+]([O-])O)ccc1OCc1ccccn1. The maximum Gasteiger partial charge on any atom is 0.132 e. The van der Waals surface area contributed by atoms with Crippen molar-refractivity contribution in [2.24, 2.45) is 7.05 Å². The maximum absolute atomic E-state index is 11.0. The molecule has 0 bridgehead atoms. The van der Waals surface area contributed by atoms with Crippen molar-refractivity contribution in [3.8, 4) is 17.0 Å². The van der Waals surface area contributed by atoms with Crippen LogP contribution in [0, 0.1) is 5.21 Å². The van der Waals surface area contributed by atoms with Gasteiger partial charge in [0.1, 0.15) is 18.9 Å². The monoisotopic (exact) mass is 326 g/mol. The van der Waals surface area contributed by atoms with Crippen LogP contribution in [0.4, 0.5) is 0 Å². The molecule has 0 spiro atoms. The van der Waals surface area contributed by atoms with Crippen molar-refractivity contribution in [2.75, 3.05) is 0 Å². The van der Waals surface area contributed by atoms with E-state index in [4.69, 9.17) is 9.94 Å². The zero-order valence-corrected chi connectivity index (χ0v) is 13.2. The Morgan fingerprint density at radius 2 is 2.08 bits per heavy atom. The Bertz CT molecular complexity index is 803. The van der Waals surface area contributed by atoms with Crippen LogP contribution in [-0.4, -0.2) is 20.0 Å². The minimum Gasteiger partial charge on any atom is -0.600 e. The molecular formula is C17H18N4O3. The lowest BCUT2D eigenvalue weighted by molar-refractivity contribution is -1.06. The lowest BCUT2D eigenvalue weighted by atomic mass is 10.1. The van der Waals surface area contributed by atoms with Crippen molar-refractivity contribution in [3.05, 3.63) is 71.3 Å². The first-order valence-electron chi connectivity index (χ1n) is 7.49. The first-order valence-corrected chi connectivity index (χ1v) is 7.49. The number of rotatable bonds is 6. The second-order valence-electron chi connectivity index (χ2n) is 5.35. The molecule has 2 heterocycles. The number of aryl methyl sites for hydroxylation is 1. The van der Waals surface area contributed by atoms with Crippen LogP contribution in [0.2, 0.25) is 0 Å². The normalized spacial score (nSPS) is 12.1. The fourth-order valence-electron chi connectivity index (χ4n) is 2.46. The van der Waals surface area contributed by atoms with Gasteiger partial charge in [0.2, 0.25) is 0 Å². The van der Waals surface area contributed by atoms with Crippen molar-refractivity contribution >= 4 is 0 Å². The average molecular weight is 326 g/mol. The van der Waals surface area contributed by atoms with E-state index in [1.807, 2.05) is 37.4 Å². The predicted molar refractivity (Wildman–Crippen MR) is 87.0 cm³/mol. The van der Waals surface area contributed by atoms with Gasteiger partial charge in [-0.15, -0.1) is 0 Å². The first kappa shape index (κ1) is 16.1. The molecule has 1 aromatic carbocycles. The molecule has 0 aliphatic carbocycles. The maximum atomic E-state index is 11.0. The van der Waals surface area contributed by atoms with E-state index in [9.17, 15) is 5.21 Å². The van der Waals surface area contributed by atoms with Gasteiger partial charge in [0, 0.05) is 30.6 Å². The van der Waals surface area contributed by atoms with Crippen molar-refractivity contribution in [1.29, 1.82) is 0 Å². The molecule has 0 aliphatic rings. The molecule has 124 valence electrons. The molecule has 1 atom stereocenters. The Hall–Kier alpha value is -2.74. The third-order valence-corrected chi connectivity index (χ3v) is 3.60. The largest absolute Gasteiger partial charge is 0.600 e. The second kappa shape index (κ2) is 7.22. The molecule has 7 heteroatoms. The minimum absolute atomic E-state index is 0.0363. The van der Waals surface area contributed by atoms with Gasteiger partial charge in [0.15, 0.2) is 0 Å². The summed E-state index contributed by atoms with van der Waals surface area (Å²) in [6.45, 7) is 0.301. The lowest BCUT2D eigenvalue weighted by Gasteiger charge is -2.16. The Morgan fingerprint density at radius 3 is 2.75 bits per heavy atom. The lowest BCUT2D eigenvalue weighted by Crippen LogP contribution is -3.03. The van der Waals surface area contributed by atoms with Crippen LogP contribution in [0.1, 0.15) is 11.3 Å². The van der Waals surface area contributed by atoms with Gasteiger partial charge in [0.25, 0.3) is 0 Å². The van der Waals surface area contributed by atoms with Crippen LogP contribution in [0.25, 0.3) is 11.3 Å². The van der Waals surface area contributed by atoms with Gasteiger partial charge in [-0.25, -0.2) is 10.4 Å². The third-order valence-electron chi connectivity index (χ3n) is 3.60. The Kier molecular flexibility index (Phi) is 4.85. The molecule has 0 saturated carbocycles. The van der Waals surface area contributed by atoms with Crippen molar-refractivity contribution in [3.63, 3.8) is 0 Å². The molecule has 24 heavy (non-hydrogen) atoms. The minimum atomic E-state index is -0.867. The van der Waals surface area contributed by atoms with Gasteiger partial charge in [0.05, 0.1) is 11.4 Å². The molecule has 0 amide bonds. The van der Waals surface area contributed by atoms with Crippen molar-refractivity contribution < 1.29 is 15.2 Å². The summed E-state index contributed by atoms with van der Waals surface area (Å²) >= 11 is 0. The number of quaternary nitrogens is 1. The van der Waals surface area contributed by atoms with E-state index in [1.165, 1.54) is 0 Å². The molecule has 7 nitrogen and oxygen atoms in total. The number of benzene rings is 1. The number of hydrogen-bond donors (Lipinski definition) is 2. The zero-order chi connectivity index (χ0) is 16.9. The fraction of sp³-hybridized carbons (Fsp3) is 0.176. The van der Waals surface area contributed by atoms with Crippen LogP contribution < -0.4 is 9.96 Å². The molecule has 0 fully saturated rings. The van der Waals surface area contributed by atoms with Crippen molar-refractivity contribution in [1.82, 2.24) is 14.8 Å². The summed E-state index contributed by atoms with van der Waals surface area (Å²) < 4.78 is 7.64. The summed E-state index contributed by atoms with van der Waals surface area (Å²) in [7, 11) is 1.84. The van der Waals surface area contributed by atoms with Crippen LogP contribution in [0.3, 0.4) is 0 Å². The number of nitrogens with one attached hydrogen (secondary N) is 1. The van der Waals surface area contributed by atoms with E-state index in [0.29, 0.717) is 17.9 Å². The number of hydrogen-bond acceptors (Lipinski definition) is 5. The summed E-state index contributed by atoms with van der Waals surface area (Å²) in [6, 6.07) is 12.9. The Morgan fingerprint density at radius 1 is 1.21 bits per heavy atom. The molecule has 3 rings (SSSR count). The third kappa shape index (κ3) is 3.77. The molecule has 0 aliphatic heterocycles. The van der Waals surface area contributed by atoms with Crippen molar-refractivity contribution in [2.45, 2.75) is 13.2 Å². The van der Waals surface area contributed by atoms with Crippen LogP contribution in [-0.2, 0) is 20.2 Å². The van der Waals surface area contributed by atoms with E-state index < -0.39 is 5.23 Å². The number of nitrogens with zero attached hydrogens (tertiary/aromatic N) is 3. The average Bonchev–Trinajstić information content (AvgIpc) is 3.00. The zero-order valence-electron chi connectivity index (χ0n) is 13.2. The van der Waals surface area contributed by atoms with E-state index in [2.05, 4.69) is 10.1 Å². The highest BCUT2D eigenvalue weighted by atomic mass is 16.8. The van der Waals surface area contributed by atoms with E-state index in [-0.39, 0.29) is 6.54 Å². The molecule has 0 radical (unpaired) electrons. The van der Waals surface area contributed by atoms with E-state index >= 15 is 0 Å². The topological polar surface area (TPSA) is 87.7 Å². The highest BCUT2D eigenvalue weighted by molar-refractivity contribution is 5.68. The number of ether oxygens (including phenoxy) is 1. The quantitative estimate of drug-likeness (QED) is 0.667. The summed E-state index contributed by atoms with van der Waals surface area (Å²) in [5, 5.41) is 23.3. The number of aromatic nitrogens is 3. The predicted octanol–water partition coefficient (Wildman–Crippen LogP) is 1.33. The second-order valence-corrected chi connectivity index (χ2v) is 5.35. The number of pyridine rings is 1. The fourth-order valence-corrected chi connectivity index (χ4v) is 2.46. The Labute approximate surface area is 139 Å². The molecule has 1 unspecified atom stereocenters. The van der Waals surface area contributed by atoms with Crippen LogP contribution in [0.5, 0.6) is 5.75 Å². The molecule has 2 aromatic heterocycles.